The van der Waals surface area contributed by atoms with Crippen molar-refractivity contribution in [1.29, 1.82) is 0 Å². The first-order valence-corrected chi connectivity index (χ1v) is 16.8. The third-order valence-corrected chi connectivity index (χ3v) is 10.2. The third kappa shape index (κ3) is 4.54. The predicted molar refractivity (Wildman–Crippen MR) is 205 cm³/mol. The lowest BCUT2D eigenvalue weighted by molar-refractivity contribution is 0.666. The zero-order chi connectivity index (χ0) is 32.2. The number of rotatable bonds is 5. The highest BCUT2D eigenvalue weighted by Gasteiger charge is 2.38. The van der Waals surface area contributed by atoms with Gasteiger partial charge in [-0.1, -0.05) is 153 Å². The molecule has 0 atom stereocenters. The molecule has 0 saturated heterocycles. The Balaban J connectivity index is 1.28. The first kappa shape index (κ1) is 28.3. The van der Waals surface area contributed by atoms with Crippen LogP contribution in [-0.4, -0.2) is 0 Å². The van der Waals surface area contributed by atoms with Crippen LogP contribution in [0, 0.1) is 0 Å². The second-order valence-electron chi connectivity index (χ2n) is 13.4. The van der Waals surface area contributed by atoms with Gasteiger partial charge in [-0.15, -0.1) is 0 Å². The van der Waals surface area contributed by atoms with E-state index >= 15 is 0 Å². The van der Waals surface area contributed by atoms with Crippen molar-refractivity contribution >= 4 is 38.6 Å². The van der Waals surface area contributed by atoms with Gasteiger partial charge in [0.2, 0.25) is 0 Å². The van der Waals surface area contributed by atoms with Crippen LogP contribution >= 0.6 is 0 Å². The summed E-state index contributed by atoms with van der Waals surface area (Å²) in [6.07, 6.45) is 0. The normalized spacial score (nSPS) is 13.0. The van der Waals surface area contributed by atoms with Crippen LogP contribution < -0.4 is 4.90 Å². The molecule has 0 aliphatic heterocycles. The quantitative estimate of drug-likeness (QED) is 0.187. The fraction of sp³-hybridized carbons (Fsp3) is 0.0638. The molecule has 1 aliphatic carbocycles. The number of benzene rings is 8. The van der Waals surface area contributed by atoms with Crippen LogP contribution in [0.2, 0.25) is 0 Å². The topological polar surface area (TPSA) is 3.24 Å². The molecule has 0 N–H and O–H groups in total. The number of hydrogen-bond acceptors (Lipinski definition) is 1. The lowest BCUT2D eigenvalue weighted by Gasteiger charge is -2.30. The molecule has 228 valence electrons. The van der Waals surface area contributed by atoms with E-state index < -0.39 is 0 Å². The second-order valence-corrected chi connectivity index (χ2v) is 13.4. The highest BCUT2D eigenvalue weighted by molar-refractivity contribution is 6.07. The van der Waals surface area contributed by atoms with Crippen LogP contribution in [0.3, 0.4) is 0 Å². The smallest absolute Gasteiger partial charge is 0.0546 e. The Morgan fingerprint density at radius 2 is 0.958 bits per heavy atom. The molecule has 8 aromatic rings. The van der Waals surface area contributed by atoms with Crippen LogP contribution in [0.15, 0.2) is 176 Å². The molecular weight excluding hydrogens is 579 g/mol. The SMILES string of the molecule is CC1(C)c2cc(-c3ccccc3)ccc2-c2cc(N(c3ccc(-c4ccccc4)cc3)c3ccc4ccccc4c3)c3ccccc3c21. The molecule has 1 aliphatic rings. The standard InChI is InChI=1S/C47H35N/c1-47(2)44-30-37(33-15-7-4-8-16-33)24-28-40(44)43-31-45(41-19-11-12-20-42(41)46(43)47)48(39-27-23-34-17-9-10-18-36(34)29-39)38-25-21-35(22-26-38)32-13-5-3-6-14-32/h3-31H,1-2H3. The zero-order valence-electron chi connectivity index (χ0n) is 27.2. The molecular formula is C47H35N. The molecule has 48 heavy (non-hydrogen) atoms. The van der Waals surface area contributed by atoms with Gasteiger partial charge in [0.05, 0.1) is 5.69 Å². The van der Waals surface area contributed by atoms with Crippen molar-refractivity contribution in [2.75, 3.05) is 4.90 Å². The number of hydrogen-bond donors (Lipinski definition) is 0. The lowest BCUT2D eigenvalue weighted by atomic mass is 9.79. The van der Waals surface area contributed by atoms with Gasteiger partial charge in [0.15, 0.2) is 0 Å². The zero-order valence-corrected chi connectivity index (χ0v) is 27.2. The molecule has 0 fully saturated rings. The fourth-order valence-corrected chi connectivity index (χ4v) is 7.84. The number of anilines is 3. The van der Waals surface area contributed by atoms with Gasteiger partial charge in [-0.25, -0.2) is 0 Å². The summed E-state index contributed by atoms with van der Waals surface area (Å²) < 4.78 is 0. The molecule has 9 rings (SSSR count). The molecule has 0 spiro atoms. The van der Waals surface area contributed by atoms with Crippen molar-refractivity contribution < 1.29 is 0 Å². The molecule has 8 aromatic carbocycles. The maximum absolute atomic E-state index is 2.45. The lowest BCUT2D eigenvalue weighted by Crippen LogP contribution is -2.16. The van der Waals surface area contributed by atoms with Crippen molar-refractivity contribution in [1.82, 2.24) is 0 Å². The van der Waals surface area contributed by atoms with Gasteiger partial charge in [-0.05, 0) is 97.1 Å². The van der Waals surface area contributed by atoms with E-state index in [2.05, 4.69) is 195 Å². The average Bonchev–Trinajstić information content (AvgIpc) is 3.38. The summed E-state index contributed by atoms with van der Waals surface area (Å²) in [5, 5.41) is 5.02. The maximum atomic E-state index is 2.45. The first-order chi connectivity index (χ1) is 23.6. The summed E-state index contributed by atoms with van der Waals surface area (Å²) in [5.74, 6) is 0. The monoisotopic (exact) mass is 613 g/mol. The Labute approximate surface area is 282 Å². The minimum absolute atomic E-state index is 0.154. The van der Waals surface area contributed by atoms with E-state index in [1.54, 1.807) is 0 Å². The van der Waals surface area contributed by atoms with Crippen LogP contribution in [0.4, 0.5) is 17.1 Å². The summed E-state index contributed by atoms with van der Waals surface area (Å²) >= 11 is 0. The van der Waals surface area contributed by atoms with E-state index in [9.17, 15) is 0 Å². The average molecular weight is 614 g/mol. The van der Waals surface area contributed by atoms with Gasteiger partial charge >= 0.3 is 0 Å². The molecule has 1 nitrogen and oxygen atoms in total. The number of fused-ring (bicyclic) bond motifs is 6. The molecule has 0 aromatic heterocycles. The van der Waals surface area contributed by atoms with Crippen LogP contribution in [-0.2, 0) is 5.41 Å². The maximum Gasteiger partial charge on any atom is 0.0546 e. The Hall–Kier alpha value is -5.92. The van der Waals surface area contributed by atoms with Crippen LogP contribution in [0.25, 0.3) is 54.9 Å². The third-order valence-electron chi connectivity index (χ3n) is 10.2. The molecule has 0 saturated carbocycles. The Morgan fingerprint density at radius 3 is 1.69 bits per heavy atom. The Morgan fingerprint density at radius 1 is 0.396 bits per heavy atom. The van der Waals surface area contributed by atoms with Crippen molar-refractivity contribution in [3.63, 3.8) is 0 Å². The van der Waals surface area contributed by atoms with Crippen LogP contribution in [0.5, 0.6) is 0 Å². The molecule has 0 unspecified atom stereocenters. The van der Waals surface area contributed by atoms with Gasteiger partial charge in [0.25, 0.3) is 0 Å². The molecule has 0 radical (unpaired) electrons. The fourth-order valence-electron chi connectivity index (χ4n) is 7.84. The summed E-state index contributed by atoms with van der Waals surface area (Å²) in [5.41, 5.74) is 13.7. The van der Waals surface area contributed by atoms with E-state index in [0.29, 0.717) is 0 Å². The second kappa shape index (κ2) is 11.1. The molecule has 1 heteroatoms. The van der Waals surface area contributed by atoms with E-state index in [1.807, 2.05) is 0 Å². The van der Waals surface area contributed by atoms with Gasteiger partial charge in [0.1, 0.15) is 0 Å². The summed E-state index contributed by atoms with van der Waals surface area (Å²) in [7, 11) is 0. The van der Waals surface area contributed by atoms with Crippen molar-refractivity contribution in [2.24, 2.45) is 0 Å². The minimum Gasteiger partial charge on any atom is -0.310 e. The highest BCUT2D eigenvalue weighted by atomic mass is 15.1. The summed E-state index contributed by atoms with van der Waals surface area (Å²) in [6.45, 7) is 4.78. The number of nitrogens with zero attached hydrogens (tertiary/aromatic N) is 1. The molecule has 0 heterocycles. The first-order valence-electron chi connectivity index (χ1n) is 16.8. The minimum atomic E-state index is -0.154. The van der Waals surface area contributed by atoms with Gasteiger partial charge in [-0.2, -0.15) is 0 Å². The largest absolute Gasteiger partial charge is 0.310 e. The summed E-state index contributed by atoms with van der Waals surface area (Å²) in [4.78, 5) is 2.45. The molecule has 0 amide bonds. The highest BCUT2D eigenvalue weighted by Crippen LogP contribution is 2.55. The Kier molecular flexibility index (Phi) is 6.55. The predicted octanol–water partition coefficient (Wildman–Crippen LogP) is 13.1. The van der Waals surface area contributed by atoms with Crippen molar-refractivity contribution in [3.05, 3.63) is 187 Å². The Bertz CT molecular complexity index is 2460. The molecule has 0 bridgehead atoms. The van der Waals surface area contributed by atoms with E-state index in [4.69, 9.17) is 0 Å². The summed E-state index contributed by atoms with van der Waals surface area (Å²) in [6, 6.07) is 64.3. The van der Waals surface area contributed by atoms with Gasteiger partial charge in [0, 0.05) is 22.2 Å². The van der Waals surface area contributed by atoms with Crippen LogP contribution in [0.1, 0.15) is 25.0 Å². The van der Waals surface area contributed by atoms with E-state index in [1.165, 1.54) is 71.7 Å². The van der Waals surface area contributed by atoms with Crippen molar-refractivity contribution in [3.8, 4) is 33.4 Å². The van der Waals surface area contributed by atoms with E-state index in [0.717, 1.165) is 11.4 Å². The van der Waals surface area contributed by atoms with Gasteiger partial charge < -0.3 is 4.90 Å². The van der Waals surface area contributed by atoms with E-state index in [-0.39, 0.29) is 5.41 Å². The van der Waals surface area contributed by atoms with Crippen molar-refractivity contribution in [2.45, 2.75) is 19.3 Å². The van der Waals surface area contributed by atoms with Gasteiger partial charge in [-0.3, -0.25) is 0 Å².